The van der Waals surface area contributed by atoms with Crippen LogP contribution >= 0.6 is 11.8 Å². The van der Waals surface area contributed by atoms with Gasteiger partial charge in [-0.1, -0.05) is 0 Å². The van der Waals surface area contributed by atoms with Gasteiger partial charge in [-0.2, -0.15) is 5.26 Å². The lowest BCUT2D eigenvalue weighted by molar-refractivity contribution is -0.274. The molecule has 0 aromatic heterocycles. The Morgan fingerprint density at radius 1 is 1.27 bits per heavy atom. The van der Waals surface area contributed by atoms with Crippen molar-refractivity contribution >= 4 is 11.8 Å². The molecule has 0 bridgehead atoms. The largest absolute Gasteiger partial charge is 0.573 e. The Labute approximate surface area is 88.7 Å². The molecule has 1 aromatic rings. The second-order valence-corrected chi connectivity index (χ2v) is 3.51. The van der Waals surface area contributed by atoms with Gasteiger partial charge in [-0.15, -0.1) is 24.9 Å². The Hall–Kier alpha value is -1.35. The molecule has 0 aliphatic heterocycles. The summed E-state index contributed by atoms with van der Waals surface area (Å²) in [6.07, 6.45) is -4.67. The highest BCUT2D eigenvalue weighted by atomic mass is 32.2. The van der Waals surface area contributed by atoms with Gasteiger partial charge in [-0.25, -0.2) is 0 Å². The van der Waals surface area contributed by atoms with Crippen LogP contribution < -0.4 is 4.74 Å². The molecule has 0 radical (unpaired) electrons. The summed E-state index contributed by atoms with van der Waals surface area (Å²) in [5, 5.41) is 8.29. The Balaban J connectivity index is 2.61. The molecule has 15 heavy (non-hydrogen) atoms. The highest BCUT2D eigenvalue weighted by Crippen LogP contribution is 2.25. The van der Waals surface area contributed by atoms with Crippen LogP contribution in [0.4, 0.5) is 13.2 Å². The fourth-order valence-electron chi connectivity index (χ4n) is 0.853. The van der Waals surface area contributed by atoms with E-state index in [2.05, 4.69) is 4.74 Å². The first kappa shape index (κ1) is 11.7. The quantitative estimate of drug-likeness (QED) is 0.751. The average Bonchev–Trinajstić information content (AvgIpc) is 2.14. The topological polar surface area (TPSA) is 33.0 Å². The zero-order chi connectivity index (χ0) is 11.3. The molecule has 2 nitrogen and oxygen atoms in total. The first-order valence-corrected chi connectivity index (χ1v) is 4.85. The van der Waals surface area contributed by atoms with E-state index in [0.717, 1.165) is 4.90 Å². The van der Waals surface area contributed by atoms with Gasteiger partial charge in [0.15, 0.2) is 0 Å². The molecular weight excluding hydrogens is 227 g/mol. The standard InChI is InChI=1S/C9H6F3NOS/c10-9(11,12)14-7-1-3-8(4-2-7)15-6-5-13/h1-4H,6H2. The number of nitrogens with zero attached hydrogens (tertiary/aromatic N) is 1. The van der Waals surface area contributed by atoms with Crippen LogP contribution in [0.2, 0.25) is 0 Å². The predicted octanol–water partition coefficient (Wildman–Crippen LogP) is 3.20. The second kappa shape index (κ2) is 4.94. The number of benzene rings is 1. The van der Waals surface area contributed by atoms with E-state index in [9.17, 15) is 13.2 Å². The molecule has 0 atom stereocenters. The normalized spacial score (nSPS) is 10.8. The molecule has 0 amide bonds. The summed E-state index contributed by atoms with van der Waals surface area (Å²) in [6, 6.07) is 7.30. The van der Waals surface area contributed by atoms with E-state index in [-0.39, 0.29) is 11.5 Å². The van der Waals surface area contributed by atoms with Crippen molar-refractivity contribution in [1.29, 1.82) is 5.26 Å². The van der Waals surface area contributed by atoms with Gasteiger partial charge >= 0.3 is 6.36 Å². The maximum absolute atomic E-state index is 11.8. The Morgan fingerprint density at radius 3 is 2.33 bits per heavy atom. The number of thioether (sulfide) groups is 1. The first-order chi connectivity index (χ1) is 7.01. The molecule has 0 fully saturated rings. The second-order valence-electron chi connectivity index (χ2n) is 2.47. The minimum atomic E-state index is -4.67. The third-order valence-corrected chi connectivity index (χ3v) is 2.24. The molecule has 1 aromatic carbocycles. The molecule has 6 heteroatoms. The summed E-state index contributed by atoms with van der Waals surface area (Å²) in [5.41, 5.74) is 0. The average molecular weight is 233 g/mol. The fourth-order valence-corrected chi connectivity index (χ4v) is 1.41. The molecule has 0 aliphatic carbocycles. The summed E-state index contributed by atoms with van der Waals surface area (Å²) < 4.78 is 39.0. The van der Waals surface area contributed by atoms with E-state index in [1.165, 1.54) is 36.0 Å². The molecule has 0 saturated carbocycles. The molecule has 0 heterocycles. The van der Waals surface area contributed by atoms with Crippen LogP contribution in [0.1, 0.15) is 0 Å². The molecule has 0 aliphatic rings. The van der Waals surface area contributed by atoms with Crippen molar-refractivity contribution in [2.45, 2.75) is 11.3 Å². The van der Waals surface area contributed by atoms with Gasteiger partial charge in [0.05, 0.1) is 11.8 Å². The third-order valence-electron chi connectivity index (χ3n) is 1.36. The lowest BCUT2D eigenvalue weighted by atomic mass is 10.3. The van der Waals surface area contributed by atoms with E-state index in [1.54, 1.807) is 0 Å². The van der Waals surface area contributed by atoms with Crippen molar-refractivity contribution in [2.75, 3.05) is 5.75 Å². The van der Waals surface area contributed by atoms with Crippen LogP contribution in [0.25, 0.3) is 0 Å². The minimum absolute atomic E-state index is 0.260. The molecule has 0 N–H and O–H groups in total. The molecule has 0 unspecified atom stereocenters. The first-order valence-electron chi connectivity index (χ1n) is 3.87. The minimum Gasteiger partial charge on any atom is -0.406 e. The van der Waals surface area contributed by atoms with E-state index in [0.29, 0.717) is 0 Å². The van der Waals surface area contributed by atoms with Crippen molar-refractivity contribution < 1.29 is 17.9 Å². The van der Waals surface area contributed by atoms with E-state index in [1.807, 2.05) is 6.07 Å². The Bertz CT molecular complexity index is 355. The maximum Gasteiger partial charge on any atom is 0.573 e. The summed E-state index contributed by atoms with van der Waals surface area (Å²) in [4.78, 5) is 0.728. The highest BCUT2D eigenvalue weighted by molar-refractivity contribution is 7.99. The summed E-state index contributed by atoms with van der Waals surface area (Å²) in [7, 11) is 0. The summed E-state index contributed by atoms with van der Waals surface area (Å²) in [6.45, 7) is 0. The van der Waals surface area contributed by atoms with Crippen LogP contribution in [0, 0.1) is 11.3 Å². The van der Waals surface area contributed by atoms with Crippen LogP contribution in [-0.2, 0) is 0 Å². The number of ether oxygens (including phenoxy) is 1. The van der Waals surface area contributed by atoms with Crippen molar-refractivity contribution in [3.63, 3.8) is 0 Å². The number of halogens is 3. The van der Waals surface area contributed by atoms with Crippen molar-refractivity contribution in [3.05, 3.63) is 24.3 Å². The maximum atomic E-state index is 11.8. The number of hydrogen-bond donors (Lipinski definition) is 0. The van der Waals surface area contributed by atoms with Crippen LogP contribution in [-0.4, -0.2) is 12.1 Å². The van der Waals surface area contributed by atoms with Crippen LogP contribution in [0.3, 0.4) is 0 Å². The van der Waals surface area contributed by atoms with Crippen LogP contribution in [0.5, 0.6) is 5.75 Å². The van der Waals surface area contributed by atoms with E-state index in [4.69, 9.17) is 5.26 Å². The van der Waals surface area contributed by atoms with Gasteiger partial charge in [0, 0.05) is 4.90 Å². The van der Waals surface area contributed by atoms with Gasteiger partial charge in [0.2, 0.25) is 0 Å². The monoisotopic (exact) mass is 233 g/mol. The summed E-state index contributed by atoms with van der Waals surface area (Å²) in [5.74, 6) is 0.00300. The van der Waals surface area contributed by atoms with E-state index >= 15 is 0 Å². The van der Waals surface area contributed by atoms with Crippen molar-refractivity contribution in [2.24, 2.45) is 0 Å². The van der Waals surface area contributed by atoms with Crippen LogP contribution in [0.15, 0.2) is 29.2 Å². The SMILES string of the molecule is N#CCSc1ccc(OC(F)(F)F)cc1. The predicted molar refractivity (Wildman–Crippen MR) is 49.5 cm³/mol. The van der Waals surface area contributed by atoms with Crippen molar-refractivity contribution in [1.82, 2.24) is 0 Å². The van der Waals surface area contributed by atoms with Gasteiger partial charge in [-0.3, -0.25) is 0 Å². The Kier molecular flexibility index (Phi) is 3.86. The Morgan fingerprint density at radius 2 is 1.87 bits per heavy atom. The van der Waals surface area contributed by atoms with Gasteiger partial charge < -0.3 is 4.74 Å². The lowest BCUT2D eigenvalue weighted by Crippen LogP contribution is -2.16. The molecule has 80 valence electrons. The molecule has 0 saturated heterocycles. The fraction of sp³-hybridized carbons (Fsp3) is 0.222. The number of nitriles is 1. The summed E-state index contributed by atoms with van der Waals surface area (Å²) >= 11 is 1.25. The number of alkyl halides is 3. The zero-order valence-electron chi connectivity index (χ0n) is 7.41. The van der Waals surface area contributed by atoms with Gasteiger partial charge in [-0.05, 0) is 24.3 Å². The molecular formula is C9H6F3NOS. The highest BCUT2D eigenvalue weighted by Gasteiger charge is 2.30. The number of rotatable bonds is 3. The zero-order valence-corrected chi connectivity index (χ0v) is 8.23. The molecule has 1 rings (SSSR count). The van der Waals surface area contributed by atoms with E-state index < -0.39 is 6.36 Å². The third kappa shape index (κ3) is 4.61. The van der Waals surface area contributed by atoms with Gasteiger partial charge in [0.1, 0.15) is 5.75 Å². The lowest BCUT2D eigenvalue weighted by Gasteiger charge is -2.08. The van der Waals surface area contributed by atoms with Gasteiger partial charge in [0.25, 0.3) is 0 Å². The number of hydrogen-bond acceptors (Lipinski definition) is 3. The smallest absolute Gasteiger partial charge is 0.406 e. The molecule has 0 spiro atoms. The van der Waals surface area contributed by atoms with Crippen molar-refractivity contribution in [3.8, 4) is 11.8 Å².